The summed E-state index contributed by atoms with van der Waals surface area (Å²) < 4.78 is 5.45. The average Bonchev–Trinajstić information content (AvgIpc) is 2.52. The molecule has 0 spiro atoms. The van der Waals surface area contributed by atoms with Crippen molar-refractivity contribution in [2.45, 2.75) is 52.7 Å². The molecule has 24 heavy (non-hydrogen) atoms. The molecular formula is C21H27NO2. The van der Waals surface area contributed by atoms with Crippen LogP contribution >= 0.6 is 0 Å². The van der Waals surface area contributed by atoms with E-state index in [0.29, 0.717) is 0 Å². The Morgan fingerprint density at radius 2 is 1.62 bits per heavy atom. The molecule has 2 aromatic rings. The second-order valence-electron chi connectivity index (χ2n) is 7.22. The Morgan fingerprint density at radius 3 is 2.17 bits per heavy atom. The van der Waals surface area contributed by atoms with E-state index in [1.165, 1.54) is 11.1 Å². The van der Waals surface area contributed by atoms with Gasteiger partial charge in [0, 0.05) is 12.2 Å². The van der Waals surface area contributed by atoms with E-state index < -0.39 is 5.60 Å². The summed E-state index contributed by atoms with van der Waals surface area (Å²) >= 11 is 0. The van der Waals surface area contributed by atoms with Gasteiger partial charge in [0.25, 0.3) is 0 Å². The highest BCUT2D eigenvalue weighted by Crippen LogP contribution is 2.21. The van der Waals surface area contributed by atoms with Gasteiger partial charge in [-0.3, -0.25) is 4.79 Å². The molecule has 3 nitrogen and oxygen atoms in total. The van der Waals surface area contributed by atoms with Crippen molar-refractivity contribution in [1.82, 2.24) is 0 Å². The maximum Gasteiger partial charge on any atom is 0.313 e. The molecule has 0 saturated heterocycles. The largest absolute Gasteiger partial charge is 0.460 e. The monoisotopic (exact) mass is 325 g/mol. The lowest BCUT2D eigenvalue weighted by atomic mass is 9.99. The van der Waals surface area contributed by atoms with Crippen LogP contribution in [0, 0.1) is 6.92 Å². The van der Waals surface area contributed by atoms with Crippen LogP contribution in [0.25, 0.3) is 0 Å². The highest BCUT2D eigenvalue weighted by Gasteiger charge is 2.22. The number of carbonyl (C=O) groups excluding carboxylic acids is 1. The SMILES string of the molecule is Cc1ccc(NCc2ccc(C(C)C(=O)OC(C)(C)C)cc2)cc1. The number of carbonyl (C=O) groups is 1. The standard InChI is InChI=1S/C21H27NO2/c1-15-6-12-19(13-7-15)22-14-17-8-10-18(11-9-17)16(2)20(23)24-21(3,4)5/h6-13,16,22H,14H2,1-5H3. The maximum absolute atomic E-state index is 12.1. The molecule has 0 aliphatic rings. The lowest BCUT2D eigenvalue weighted by Gasteiger charge is -2.22. The third-order valence-electron chi connectivity index (χ3n) is 3.79. The molecule has 2 rings (SSSR count). The minimum absolute atomic E-state index is 0.187. The van der Waals surface area contributed by atoms with Crippen molar-refractivity contribution in [3.05, 3.63) is 65.2 Å². The third-order valence-corrected chi connectivity index (χ3v) is 3.79. The van der Waals surface area contributed by atoms with Crippen molar-refractivity contribution in [2.24, 2.45) is 0 Å². The lowest BCUT2D eigenvalue weighted by Crippen LogP contribution is -2.26. The van der Waals surface area contributed by atoms with E-state index in [1.807, 2.05) is 39.8 Å². The number of ether oxygens (including phenoxy) is 1. The second-order valence-corrected chi connectivity index (χ2v) is 7.22. The van der Waals surface area contributed by atoms with Gasteiger partial charge in [0.2, 0.25) is 0 Å². The molecular weight excluding hydrogens is 298 g/mol. The van der Waals surface area contributed by atoms with Crippen LogP contribution in [0.5, 0.6) is 0 Å². The van der Waals surface area contributed by atoms with E-state index in [1.54, 1.807) is 0 Å². The molecule has 0 saturated carbocycles. The number of benzene rings is 2. The fourth-order valence-corrected chi connectivity index (χ4v) is 2.33. The first-order valence-corrected chi connectivity index (χ1v) is 8.37. The van der Waals surface area contributed by atoms with Gasteiger partial charge in [0.1, 0.15) is 5.60 Å². The maximum atomic E-state index is 12.1. The van der Waals surface area contributed by atoms with Crippen molar-refractivity contribution in [3.8, 4) is 0 Å². The Balaban J connectivity index is 1.94. The zero-order valence-corrected chi connectivity index (χ0v) is 15.2. The molecule has 0 bridgehead atoms. The highest BCUT2D eigenvalue weighted by molar-refractivity contribution is 5.78. The molecule has 2 aromatic carbocycles. The van der Waals surface area contributed by atoms with E-state index in [2.05, 4.69) is 48.6 Å². The summed E-state index contributed by atoms with van der Waals surface area (Å²) in [5, 5.41) is 3.40. The Morgan fingerprint density at radius 1 is 1.04 bits per heavy atom. The summed E-state index contributed by atoms with van der Waals surface area (Å²) in [7, 11) is 0. The molecule has 0 aliphatic carbocycles. The molecule has 0 aromatic heterocycles. The van der Waals surface area contributed by atoms with Crippen LogP contribution in [0.4, 0.5) is 5.69 Å². The Hall–Kier alpha value is -2.29. The minimum Gasteiger partial charge on any atom is -0.460 e. The van der Waals surface area contributed by atoms with Crippen LogP contribution in [0.2, 0.25) is 0 Å². The van der Waals surface area contributed by atoms with E-state index in [0.717, 1.165) is 17.8 Å². The first kappa shape index (κ1) is 18.1. The number of esters is 1. The average molecular weight is 325 g/mol. The number of aryl methyl sites for hydroxylation is 1. The fourth-order valence-electron chi connectivity index (χ4n) is 2.33. The number of hydrogen-bond donors (Lipinski definition) is 1. The van der Waals surface area contributed by atoms with Crippen molar-refractivity contribution < 1.29 is 9.53 Å². The molecule has 3 heteroatoms. The van der Waals surface area contributed by atoms with Gasteiger partial charge < -0.3 is 10.1 Å². The van der Waals surface area contributed by atoms with Gasteiger partial charge >= 0.3 is 5.97 Å². The van der Waals surface area contributed by atoms with Gasteiger partial charge in [0.05, 0.1) is 5.92 Å². The summed E-state index contributed by atoms with van der Waals surface area (Å²) in [6, 6.07) is 16.4. The van der Waals surface area contributed by atoms with Gasteiger partial charge in [-0.1, -0.05) is 42.0 Å². The Labute approximate surface area is 145 Å². The van der Waals surface area contributed by atoms with Gasteiger partial charge in [-0.2, -0.15) is 0 Å². The van der Waals surface area contributed by atoms with E-state index >= 15 is 0 Å². The lowest BCUT2D eigenvalue weighted by molar-refractivity contribution is -0.156. The smallest absolute Gasteiger partial charge is 0.313 e. The Bertz CT molecular complexity index is 666. The topological polar surface area (TPSA) is 38.3 Å². The summed E-state index contributed by atoms with van der Waals surface area (Å²) in [6.45, 7) is 10.4. The molecule has 0 amide bonds. The molecule has 0 radical (unpaired) electrons. The van der Waals surface area contributed by atoms with Gasteiger partial charge in [-0.05, 0) is 57.9 Å². The normalized spacial score (nSPS) is 12.5. The molecule has 1 unspecified atom stereocenters. The van der Waals surface area contributed by atoms with E-state index in [-0.39, 0.29) is 11.9 Å². The summed E-state index contributed by atoms with van der Waals surface area (Å²) in [5.41, 5.74) is 4.05. The Kier molecular flexibility index (Phi) is 5.66. The zero-order chi connectivity index (χ0) is 17.7. The van der Waals surface area contributed by atoms with E-state index in [9.17, 15) is 4.79 Å². The minimum atomic E-state index is -0.455. The number of rotatable bonds is 5. The quantitative estimate of drug-likeness (QED) is 0.782. The summed E-state index contributed by atoms with van der Waals surface area (Å²) in [4.78, 5) is 12.1. The van der Waals surface area contributed by atoms with Crippen molar-refractivity contribution >= 4 is 11.7 Å². The van der Waals surface area contributed by atoms with Crippen LogP contribution in [-0.4, -0.2) is 11.6 Å². The molecule has 0 aliphatic heterocycles. The number of nitrogens with one attached hydrogen (secondary N) is 1. The fraction of sp³-hybridized carbons (Fsp3) is 0.381. The first-order chi connectivity index (χ1) is 11.2. The van der Waals surface area contributed by atoms with Crippen LogP contribution < -0.4 is 5.32 Å². The first-order valence-electron chi connectivity index (χ1n) is 8.37. The predicted octanol–water partition coefficient (Wildman–Crippen LogP) is 5.05. The molecule has 1 atom stereocenters. The summed E-state index contributed by atoms with van der Waals surface area (Å²) in [6.07, 6.45) is 0. The van der Waals surface area contributed by atoms with Crippen LogP contribution in [0.15, 0.2) is 48.5 Å². The van der Waals surface area contributed by atoms with Gasteiger partial charge in [0.15, 0.2) is 0 Å². The third kappa shape index (κ3) is 5.41. The van der Waals surface area contributed by atoms with Crippen molar-refractivity contribution in [1.29, 1.82) is 0 Å². The number of hydrogen-bond acceptors (Lipinski definition) is 3. The summed E-state index contributed by atoms with van der Waals surface area (Å²) in [5.74, 6) is -0.448. The van der Waals surface area contributed by atoms with Crippen LogP contribution in [-0.2, 0) is 16.1 Å². The van der Waals surface area contributed by atoms with Crippen molar-refractivity contribution in [3.63, 3.8) is 0 Å². The molecule has 0 heterocycles. The zero-order valence-electron chi connectivity index (χ0n) is 15.2. The van der Waals surface area contributed by atoms with Crippen LogP contribution in [0.1, 0.15) is 50.3 Å². The van der Waals surface area contributed by atoms with Gasteiger partial charge in [-0.15, -0.1) is 0 Å². The van der Waals surface area contributed by atoms with E-state index in [4.69, 9.17) is 4.74 Å². The predicted molar refractivity (Wildman–Crippen MR) is 99.2 cm³/mol. The number of anilines is 1. The van der Waals surface area contributed by atoms with Crippen molar-refractivity contribution in [2.75, 3.05) is 5.32 Å². The molecule has 0 fully saturated rings. The van der Waals surface area contributed by atoms with Crippen LogP contribution in [0.3, 0.4) is 0 Å². The second kappa shape index (κ2) is 7.52. The molecule has 1 N–H and O–H groups in total. The molecule has 128 valence electrons. The highest BCUT2D eigenvalue weighted by atomic mass is 16.6. The van der Waals surface area contributed by atoms with Gasteiger partial charge in [-0.25, -0.2) is 0 Å².